The van der Waals surface area contributed by atoms with Crippen molar-refractivity contribution < 1.29 is 49.0 Å². The molecule has 0 atom stereocenters. The van der Waals surface area contributed by atoms with E-state index in [9.17, 15) is 9.59 Å². The molecule has 0 rings (SSSR count). The van der Waals surface area contributed by atoms with Gasteiger partial charge in [-0.25, -0.2) is 0 Å². The Labute approximate surface area is 75.0 Å². The fourth-order valence-corrected chi connectivity index (χ4v) is 0.202. The van der Waals surface area contributed by atoms with Crippen LogP contribution < -0.4 is 0 Å². The third kappa shape index (κ3) is 17.9. The molecule has 0 saturated carbocycles. The van der Waals surface area contributed by atoms with E-state index in [0.717, 1.165) is 0 Å². The van der Waals surface area contributed by atoms with Gasteiger partial charge in [0.1, 0.15) is 0 Å². The van der Waals surface area contributed by atoms with Gasteiger partial charge in [-0.1, -0.05) is 0 Å². The zero-order chi connectivity index (χ0) is 5.86. The van der Waals surface area contributed by atoms with E-state index < -0.39 is 11.9 Å². The summed E-state index contributed by atoms with van der Waals surface area (Å²) in [7, 11) is 0. The first-order chi connectivity index (χ1) is 3.13. The molecule has 9 heavy (non-hydrogen) atoms. The van der Waals surface area contributed by atoms with Crippen LogP contribution in [0, 0.1) is 0 Å². The summed E-state index contributed by atoms with van der Waals surface area (Å²) in [5.74, 6) is -1.12. The molecule has 0 bridgehead atoms. The van der Waals surface area contributed by atoms with Gasteiger partial charge < -0.3 is 4.74 Å². The average Bonchev–Trinajstić information content (AvgIpc) is 1.27. The molecule has 0 aromatic carbocycles. The van der Waals surface area contributed by atoms with Crippen molar-refractivity contribution >= 4 is 11.9 Å². The fraction of sp³-hybridized carbons (Fsp3) is 0.500. The summed E-state index contributed by atoms with van der Waals surface area (Å²) in [4.78, 5) is 19.6. The topological polar surface area (TPSA) is 43.4 Å². The molecule has 0 spiro atoms. The second-order valence-electron chi connectivity index (χ2n) is 1.09. The number of ether oxygens (including phenoxy) is 1. The molecular formula is C4H6Cr2O3. The van der Waals surface area contributed by atoms with Gasteiger partial charge in [-0.05, 0) is 0 Å². The van der Waals surface area contributed by atoms with E-state index in [0.29, 0.717) is 0 Å². The van der Waals surface area contributed by atoms with Gasteiger partial charge >= 0.3 is 11.9 Å². The molecule has 5 heteroatoms. The minimum Gasteiger partial charge on any atom is -0.394 e. The maximum absolute atomic E-state index is 9.81. The van der Waals surface area contributed by atoms with E-state index in [2.05, 4.69) is 4.74 Å². The van der Waals surface area contributed by atoms with E-state index in [4.69, 9.17) is 0 Å². The molecule has 52 valence electrons. The zero-order valence-corrected chi connectivity index (χ0v) is 7.59. The first-order valence-corrected chi connectivity index (χ1v) is 1.82. The molecule has 0 N–H and O–H groups in total. The quantitative estimate of drug-likeness (QED) is 0.416. The van der Waals surface area contributed by atoms with Gasteiger partial charge in [-0.2, -0.15) is 0 Å². The SMILES string of the molecule is CC(=O)OC(C)=O.[Cr].[Cr]. The van der Waals surface area contributed by atoms with Crippen LogP contribution in [0.1, 0.15) is 13.8 Å². The third-order valence-corrected chi connectivity index (χ3v) is 0.287. The molecule has 0 unspecified atom stereocenters. The predicted molar refractivity (Wildman–Crippen MR) is 22.4 cm³/mol. The van der Waals surface area contributed by atoms with Crippen LogP contribution in [0.25, 0.3) is 0 Å². The Kier molecular flexibility index (Phi) is 14.7. The number of hydrogen-bond donors (Lipinski definition) is 0. The van der Waals surface area contributed by atoms with E-state index in [1.54, 1.807) is 0 Å². The van der Waals surface area contributed by atoms with Crippen LogP contribution >= 0.6 is 0 Å². The summed E-state index contributed by atoms with van der Waals surface area (Å²) in [6, 6.07) is 0. The normalized spacial score (nSPS) is 6.00. The zero-order valence-electron chi connectivity index (χ0n) is 5.04. The molecule has 0 aliphatic carbocycles. The van der Waals surface area contributed by atoms with Crippen LogP contribution in [-0.4, -0.2) is 11.9 Å². The largest absolute Gasteiger partial charge is 0.394 e. The van der Waals surface area contributed by atoms with Crippen molar-refractivity contribution in [1.29, 1.82) is 0 Å². The van der Waals surface area contributed by atoms with Gasteiger partial charge in [0.2, 0.25) is 0 Å². The molecule has 0 radical (unpaired) electrons. The van der Waals surface area contributed by atoms with Crippen LogP contribution in [0.3, 0.4) is 0 Å². The molecule has 0 aromatic heterocycles. The van der Waals surface area contributed by atoms with Crippen LogP contribution in [0.5, 0.6) is 0 Å². The maximum atomic E-state index is 9.81. The van der Waals surface area contributed by atoms with Gasteiger partial charge in [-0.15, -0.1) is 0 Å². The second kappa shape index (κ2) is 8.20. The number of carbonyl (C=O) groups excluding carboxylic acids is 2. The number of carbonyl (C=O) groups is 2. The van der Waals surface area contributed by atoms with Crippen LogP contribution in [0.15, 0.2) is 0 Å². The molecule has 0 saturated heterocycles. The summed E-state index contributed by atoms with van der Waals surface area (Å²) in [6.07, 6.45) is 0. The molecular weight excluding hydrogens is 200 g/mol. The Morgan fingerprint density at radius 1 is 1.00 bits per heavy atom. The van der Waals surface area contributed by atoms with Crippen LogP contribution in [0.2, 0.25) is 0 Å². The van der Waals surface area contributed by atoms with Gasteiger partial charge in [0, 0.05) is 48.6 Å². The van der Waals surface area contributed by atoms with Crippen molar-refractivity contribution in [3.05, 3.63) is 0 Å². The minimum atomic E-state index is -0.562. The molecule has 0 aliphatic heterocycles. The van der Waals surface area contributed by atoms with Crippen molar-refractivity contribution in [2.75, 3.05) is 0 Å². The smallest absolute Gasteiger partial charge is 0.310 e. The van der Waals surface area contributed by atoms with E-state index in [1.807, 2.05) is 0 Å². The number of hydrogen-bond acceptors (Lipinski definition) is 3. The van der Waals surface area contributed by atoms with Gasteiger partial charge in [0.25, 0.3) is 0 Å². The van der Waals surface area contributed by atoms with Crippen molar-refractivity contribution in [3.8, 4) is 0 Å². The molecule has 0 heterocycles. The Balaban J connectivity index is -0.000000180. The standard InChI is InChI=1S/C4H6O3.2Cr/c1-3(5)7-4(2)6;;/h1-2H3;;. The van der Waals surface area contributed by atoms with Crippen molar-refractivity contribution in [2.45, 2.75) is 13.8 Å². The number of esters is 2. The Hall–Kier alpha value is 0.205. The minimum absolute atomic E-state index is 0. The van der Waals surface area contributed by atoms with Crippen molar-refractivity contribution in [1.82, 2.24) is 0 Å². The van der Waals surface area contributed by atoms with Crippen LogP contribution in [0.4, 0.5) is 0 Å². The number of rotatable bonds is 0. The molecule has 0 aliphatic rings. The molecule has 3 nitrogen and oxygen atoms in total. The summed E-state index contributed by atoms with van der Waals surface area (Å²) in [5, 5.41) is 0. The summed E-state index contributed by atoms with van der Waals surface area (Å²) in [6.45, 7) is 2.36. The summed E-state index contributed by atoms with van der Waals surface area (Å²) in [5.41, 5.74) is 0. The third-order valence-electron chi connectivity index (χ3n) is 0.287. The van der Waals surface area contributed by atoms with Crippen LogP contribution in [-0.2, 0) is 49.0 Å². The molecule has 0 amide bonds. The Morgan fingerprint density at radius 3 is 1.22 bits per heavy atom. The van der Waals surface area contributed by atoms with Gasteiger partial charge in [0.15, 0.2) is 0 Å². The molecule has 0 aromatic rings. The first-order valence-electron chi connectivity index (χ1n) is 1.82. The van der Waals surface area contributed by atoms with E-state index >= 15 is 0 Å². The fourth-order valence-electron chi connectivity index (χ4n) is 0.202. The van der Waals surface area contributed by atoms with E-state index in [-0.39, 0.29) is 34.7 Å². The Morgan fingerprint density at radius 2 is 1.22 bits per heavy atom. The molecule has 0 fully saturated rings. The van der Waals surface area contributed by atoms with Crippen molar-refractivity contribution in [2.24, 2.45) is 0 Å². The van der Waals surface area contributed by atoms with E-state index in [1.165, 1.54) is 13.8 Å². The van der Waals surface area contributed by atoms with Gasteiger partial charge in [0.05, 0.1) is 0 Å². The monoisotopic (exact) mass is 206 g/mol. The Bertz CT molecular complexity index is 90.0. The maximum Gasteiger partial charge on any atom is 0.310 e. The predicted octanol–water partition coefficient (Wildman–Crippen LogP) is 0.0910. The second-order valence-corrected chi connectivity index (χ2v) is 1.09. The average molecular weight is 206 g/mol. The van der Waals surface area contributed by atoms with Gasteiger partial charge in [-0.3, -0.25) is 9.59 Å². The van der Waals surface area contributed by atoms with Crippen molar-refractivity contribution in [3.63, 3.8) is 0 Å². The first kappa shape index (κ1) is 16.1. The summed E-state index contributed by atoms with van der Waals surface area (Å²) < 4.78 is 3.97. The summed E-state index contributed by atoms with van der Waals surface area (Å²) >= 11 is 0.